The Labute approximate surface area is 120 Å². The number of nitrogens with one attached hydrogen (secondary N) is 1. The molecular formula is C15H23NO4. The second-order valence-corrected chi connectivity index (χ2v) is 4.97. The minimum atomic E-state index is -0.202. The molecule has 1 heterocycles. The van der Waals surface area contributed by atoms with Crippen molar-refractivity contribution in [1.82, 2.24) is 5.32 Å². The molecule has 1 saturated heterocycles. The molecule has 1 unspecified atom stereocenters. The molecule has 0 aromatic heterocycles. The molecule has 0 saturated carbocycles. The molecule has 1 atom stereocenters. The molecule has 1 aromatic carbocycles. The molecule has 0 radical (unpaired) electrons. The highest BCUT2D eigenvalue weighted by Gasteiger charge is 2.34. The first-order valence-electron chi connectivity index (χ1n) is 6.77. The molecule has 0 amide bonds. The molecule has 0 aliphatic carbocycles. The average molecular weight is 281 g/mol. The molecule has 5 heteroatoms. The Hall–Kier alpha value is -1.30. The first kappa shape index (κ1) is 15.1. The van der Waals surface area contributed by atoms with Crippen molar-refractivity contribution in [2.45, 2.75) is 18.6 Å². The molecule has 0 bridgehead atoms. The van der Waals surface area contributed by atoms with E-state index in [1.165, 1.54) is 0 Å². The second-order valence-electron chi connectivity index (χ2n) is 4.97. The molecule has 2 rings (SSSR count). The van der Waals surface area contributed by atoms with Crippen LogP contribution in [0.3, 0.4) is 0 Å². The summed E-state index contributed by atoms with van der Waals surface area (Å²) >= 11 is 0. The summed E-state index contributed by atoms with van der Waals surface area (Å²) in [5.41, 5.74) is 0.864. The Morgan fingerprint density at radius 1 is 1.25 bits per heavy atom. The summed E-state index contributed by atoms with van der Waals surface area (Å²) in [4.78, 5) is 0. The third-order valence-corrected chi connectivity index (χ3v) is 3.75. The van der Waals surface area contributed by atoms with Crippen molar-refractivity contribution in [3.8, 4) is 11.5 Å². The van der Waals surface area contributed by atoms with E-state index in [4.69, 9.17) is 18.9 Å². The summed E-state index contributed by atoms with van der Waals surface area (Å²) in [6.45, 7) is 2.86. The van der Waals surface area contributed by atoms with Gasteiger partial charge in [0.1, 0.15) is 17.1 Å². The quantitative estimate of drug-likeness (QED) is 0.822. The monoisotopic (exact) mass is 281 g/mol. The topological polar surface area (TPSA) is 49.0 Å². The van der Waals surface area contributed by atoms with Gasteiger partial charge in [0.05, 0.1) is 20.8 Å². The van der Waals surface area contributed by atoms with E-state index in [-0.39, 0.29) is 5.60 Å². The van der Waals surface area contributed by atoms with Crippen molar-refractivity contribution < 1.29 is 18.9 Å². The summed E-state index contributed by atoms with van der Waals surface area (Å²) < 4.78 is 21.6. The maximum Gasteiger partial charge on any atom is 0.123 e. The van der Waals surface area contributed by atoms with Gasteiger partial charge in [0.15, 0.2) is 0 Å². The van der Waals surface area contributed by atoms with Crippen molar-refractivity contribution in [2.24, 2.45) is 0 Å². The molecular weight excluding hydrogens is 258 g/mol. The molecule has 112 valence electrons. The zero-order valence-corrected chi connectivity index (χ0v) is 12.4. The maximum absolute atomic E-state index is 5.59. The summed E-state index contributed by atoms with van der Waals surface area (Å²) in [6, 6.07) is 5.79. The van der Waals surface area contributed by atoms with E-state index < -0.39 is 0 Å². The Balaban J connectivity index is 1.96. The van der Waals surface area contributed by atoms with Crippen LogP contribution in [0.2, 0.25) is 0 Å². The van der Waals surface area contributed by atoms with Gasteiger partial charge >= 0.3 is 0 Å². The van der Waals surface area contributed by atoms with Crippen molar-refractivity contribution in [1.29, 1.82) is 0 Å². The van der Waals surface area contributed by atoms with Crippen LogP contribution in [0.15, 0.2) is 18.2 Å². The van der Waals surface area contributed by atoms with E-state index in [1.54, 1.807) is 21.3 Å². The fourth-order valence-corrected chi connectivity index (χ4v) is 2.41. The lowest BCUT2D eigenvalue weighted by molar-refractivity contribution is -0.0159. The van der Waals surface area contributed by atoms with Crippen molar-refractivity contribution >= 4 is 0 Å². The van der Waals surface area contributed by atoms with Gasteiger partial charge in [-0.25, -0.2) is 0 Å². The van der Waals surface area contributed by atoms with E-state index >= 15 is 0 Å². The van der Waals surface area contributed by atoms with Gasteiger partial charge in [-0.05, 0) is 18.2 Å². The fourth-order valence-electron chi connectivity index (χ4n) is 2.41. The Morgan fingerprint density at radius 3 is 2.70 bits per heavy atom. The molecule has 20 heavy (non-hydrogen) atoms. The minimum Gasteiger partial charge on any atom is -0.497 e. The Bertz CT molecular complexity index is 430. The molecule has 1 aromatic rings. The predicted molar refractivity (Wildman–Crippen MR) is 76.4 cm³/mol. The van der Waals surface area contributed by atoms with Crippen molar-refractivity contribution in [3.05, 3.63) is 23.8 Å². The highest BCUT2D eigenvalue weighted by molar-refractivity contribution is 5.40. The zero-order chi connectivity index (χ0) is 14.4. The van der Waals surface area contributed by atoms with Crippen molar-refractivity contribution in [3.63, 3.8) is 0 Å². The molecule has 0 spiro atoms. The predicted octanol–water partition coefficient (Wildman–Crippen LogP) is 1.60. The van der Waals surface area contributed by atoms with Crippen LogP contribution in [0, 0.1) is 0 Å². The molecule has 1 aliphatic heterocycles. The highest BCUT2D eigenvalue weighted by Crippen LogP contribution is 2.25. The van der Waals surface area contributed by atoms with Crippen LogP contribution in [0.1, 0.15) is 12.0 Å². The maximum atomic E-state index is 5.59. The van der Waals surface area contributed by atoms with E-state index in [0.717, 1.165) is 36.6 Å². The summed E-state index contributed by atoms with van der Waals surface area (Å²) in [5.74, 6) is 1.68. The molecule has 1 fully saturated rings. The summed E-state index contributed by atoms with van der Waals surface area (Å²) in [6.07, 6.45) is 0.922. The third kappa shape index (κ3) is 3.42. The number of rotatable bonds is 7. The highest BCUT2D eigenvalue weighted by atomic mass is 16.5. The van der Waals surface area contributed by atoms with E-state index in [0.29, 0.717) is 13.2 Å². The van der Waals surface area contributed by atoms with Gasteiger partial charge in [-0.1, -0.05) is 0 Å². The lowest BCUT2D eigenvalue weighted by Gasteiger charge is -2.26. The minimum absolute atomic E-state index is 0.202. The van der Waals surface area contributed by atoms with Crippen LogP contribution in [-0.4, -0.2) is 46.7 Å². The lowest BCUT2D eigenvalue weighted by atomic mass is 10.0. The van der Waals surface area contributed by atoms with Crippen LogP contribution in [-0.2, 0) is 16.0 Å². The van der Waals surface area contributed by atoms with Crippen molar-refractivity contribution in [2.75, 3.05) is 41.1 Å². The molecule has 5 nitrogen and oxygen atoms in total. The number of methoxy groups -OCH3 is 3. The number of ether oxygens (including phenoxy) is 4. The van der Waals surface area contributed by atoms with Gasteiger partial charge in [-0.2, -0.15) is 0 Å². The van der Waals surface area contributed by atoms with E-state index in [9.17, 15) is 0 Å². The van der Waals surface area contributed by atoms with Gasteiger partial charge < -0.3 is 24.3 Å². The van der Waals surface area contributed by atoms with Crippen LogP contribution in [0.25, 0.3) is 0 Å². The first-order chi connectivity index (χ1) is 9.73. The van der Waals surface area contributed by atoms with Gasteiger partial charge in [0.25, 0.3) is 0 Å². The summed E-state index contributed by atoms with van der Waals surface area (Å²) in [5, 5.41) is 3.42. The van der Waals surface area contributed by atoms with Crippen LogP contribution in [0.4, 0.5) is 0 Å². The molecule has 1 aliphatic rings. The lowest BCUT2D eigenvalue weighted by Crippen LogP contribution is -2.42. The largest absolute Gasteiger partial charge is 0.497 e. The standard InChI is InChI=1S/C15H23NO4/c1-17-13-4-5-14(18-2)12(8-13)9-16-10-15(19-3)6-7-20-11-15/h4-5,8,16H,6-7,9-11H2,1-3H3. The van der Waals surface area contributed by atoms with Gasteiger partial charge in [-0.15, -0.1) is 0 Å². The summed E-state index contributed by atoms with van der Waals surface area (Å²) in [7, 11) is 5.07. The fraction of sp³-hybridized carbons (Fsp3) is 0.600. The van der Waals surface area contributed by atoms with E-state index in [2.05, 4.69) is 5.32 Å². The average Bonchev–Trinajstić information content (AvgIpc) is 2.96. The van der Waals surface area contributed by atoms with Gasteiger partial charge in [-0.3, -0.25) is 0 Å². The van der Waals surface area contributed by atoms with Crippen LogP contribution >= 0.6 is 0 Å². The molecule has 1 N–H and O–H groups in total. The smallest absolute Gasteiger partial charge is 0.123 e. The Morgan fingerprint density at radius 2 is 2.10 bits per heavy atom. The van der Waals surface area contributed by atoms with Gasteiger partial charge in [0.2, 0.25) is 0 Å². The van der Waals surface area contributed by atoms with Gasteiger partial charge in [0, 0.05) is 38.8 Å². The van der Waals surface area contributed by atoms with Crippen LogP contribution in [0.5, 0.6) is 11.5 Å². The number of hydrogen-bond acceptors (Lipinski definition) is 5. The SMILES string of the molecule is COc1ccc(OC)c(CNCC2(OC)CCOC2)c1. The Kier molecular flexibility index (Phi) is 5.23. The normalized spacial score (nSPS) is 21.9. The van der Waals surface area contributed by atoms with E-state index in [1.807, 2.05) is 18.2 Å². The number of benzene rings is 1. The third-order valence-electron chi connectivity index (χ3n) is 3.75. The zero-order valence-electron chi connectivity index (χ0n) is 12.4. The second kappa shape index (κ2) is 6.92. The van der Waals surface area contributed by atoms with Crippen LogP contribution < -0.4 is 14.8 Å². The first-order valence-corrected chi connectivity index (χ1v) is 6.77. The number of hydrogen-bond donors (Lipinski definition) is 1.